The quantitative estimate of drug-likeness (QED) is 0.689. The fourth-order valence-corrected chi connectivity index (χ4v) is 2.34. The first-order chi connectivity index (χ1) is 12.9. The lowest BCUT2D eigenvalue weighted by Gasteiger charge is -2.09. The van der Waals surface area contributed by atoms with Crippen molar-refractivity contribution in [1.82, 2.24) is 0 Å². The van der Waals surface area contributed by atoms with Gasteiger partial charge >= 0.3 is 12.1 Å². The van der Waals surface area contributed by atoms with Crippen molar-refractivity contribution in [2.45, 2.75) is 6.92 Å². The summed E-state index contributed by atoms with van der Waals surface area (Å²) in [5.41, 5.74) is 0.835. The molecule has 27 heavy (non-hydrogen) atoms. The van der Waals surface area contributed by atoms with Crippen molar-refractivity contribution in [3.63, 3.8) is 0 Å². The molecule has 2 aromatic carbocycles. The monoisotopic (exact) mass is 410 g/mol. The summed E-state index contributed by atoms with van der Waals surface area (Å²) in [5, 5.41) is 5.68. The van der Waals surface area contributed by atoms with E-state index in [1.165, 1.54) is 24.3 Å². The number of carbonyl (C=O) groups is 3. The lowest BCUT2D eigenvalue weighted by atomic mass is 10.2. The molecular weight excluding hydrogens is 395 g/mol. The maximum atomic E-state index is 12.1. The third kappa shape index (κ3) is 6.47. The molecule has 2 rings (SSSR count). The molecule has 2 N–H and O–H groups in total. The molecule has 0 fully saturated rings. The number of rotatable bonds is 6. The van der Waals surface area contributed by atoms with Gasteiger partial charge in [0, 0.05) is 10.7 Å². The van der Waals surface area contributed by atoms with Gasteiger partial charge in [0.15, 0.2) is 6.61 Å². The van der Waals surface area contributed by atoms with E-state index < -0.39 is 24.6 Å². The van der Waals surface area contributed by atoms with E-state index in [0.29, 0.717) is 21.4 Å². The summed E-state index contributed by atoms with van der Waals surface area (Å²) in [6, 6.07) is 10.6. The van der Waals surface area contributed by atoms with Crippen LogP contribution in [-0.4, -0.2) is 31.2 Å². The molecule has 0 unspecified atom stereocenters. The van der Waals surface area contributed by atoms with Crippen molar-refractivity contribution in [2.24, 2.45) is 0 Å². The Balaban J connectivity index is 1.92. The Morgan fingerprint density at radius 3 is 2.52 bits per heavy atom. The summed E-state index contributed by atoms with van der Waals surface area (Å²) in [6.45, 7) is 1.38. The molecule has 0 saturated carbocycles. The van der Waals surface area contributed by atoms with E-state index in [4.69, 9.17) is 32.7 Å². The maximum Gasteiger partial charge on any atom is 0.411 e. The fourth-order valence-electron chi connectivity index (χ4n) is 2.00. The Hall–Kier alpha value is -2.77. The van der Waals surface area contributed by atoms with Crippen molar-refractivity contribution in [1.29, 1.82) is 0 Å². The number of halogens is 2. The standard InChI is InChI=1S/C18H16Cl2N2O5/c1-2-26-18(25)21-13-5-3-4-11(8-13)17(24)27-10-16(23)22-15-9-12(19)6-7-14(15)20/h3-9H,2,10H2,1H3,(H,21,25)(H,22,23). The smallest absolute Gasteiger partial charge is 0.411 e. The summed E-state index contributed by atoms with van der Waals surface area (Å²) in [4.78, 5) is 35.4. The van der Waals surface area contributed by atoms with Gasteiger partial charge in [-0.05, 0) is 43.3 Å². The molecule has 9 heteroatoms. The number of nitrogens with one attached hydrogen (secondary N) is 2. The first kappa shape index (κ1) is 20.5. The van der Waals surface area contributed by atoms with Crippen LogP contribution in [-0.2, 0) is 14.3 Å². The van der Waals surface area contributed by atoms with Gasteiger partial charge in [-0.25, -0.2) is 9.59 Å². The number of ether oxygens (including phenoxy) is 2. The highest BCUT2D eigenvalue weighted by molar-refractivity contribution is 6.35. The van der Waals surface area contributed by atoms with Gasteiger partial charge in [-0.15, -0.1) is 0 Å². The van der Waals surface area contributed by atoms with Gasteiger partial charge < -0.3 is 14.8 Å². The molecular formula is C18H16Cl2N2O5. The van der Waals surface area contributed by atoms with Crippen molar-refractivity contribution in [3.05, 3.63) is 58.1 Å². The van der Waals surface area contributed by atoms with Gasteiger partial charge in [-0.3, -0.25) is 10.1 Å². The molecule has 0 radical (unpaired) electrons. The summed E-state index contributed by atoms with van der Waals surface area (Å²) >= 11 is 11.8. The van der Waals surface area contributed by atoms with Crippen LogP contribution in [0.3, 0.4) is 0 Å². The van der Waals surface area contributed by atoms with Gasteiger partial charge in [0.1, 0.15) is 0 Å². The third-order valence-electron chi connectivity index (χ3n) is 3.16. The molecule has 2 aromatic rings. The number of benzene rings is 2. The Bertz CT molecular complexity index is 857. The van der Waals surface area contributed by atoms with Crippen LogP contribution in [0.4, 0.5) is 16.2 Å². The molecule has 142 valence electrons. The second kappa shape index (κ2) is 9.80. The highest BCUT2D eigenvalue weighted by Gasteiger charge is 2.13. The highest BCUT2D eigenvalue weighted by Crippen LogP contribution is 2.25. The van der Waals surface area contributed by atoms with E-state index in [2.05, 4.69) is 10.6 Å². The van der Waals surface area contributed by atoms with Crippen LogP contribution in [0, 0.1) is 0 Å². The lowest BCUT2D eigenvalue weighted by molar-refractivity contribution is -0.119. The highest BCUT2D eigenvalue weighted by atomic mass is 35.5. The Kier molecular flexibility index (Phi) is 7.45. The van der Waals surface area contributed by atoms with E-state index in [9.17, 15) is 14.4 Å². The number of amides is 2. The Morgan fingerprint density at radius 1 is 1.00 bits per heavy atom. The van der Waals surface area contributed by atoms with Crippen LogP contribution in [0.5, 0.6) is 0 Å². The van der Waals surface area contributed by atoms with Gasteiger partial charge in [0.2, 0.25) is 0 Å². The Morgan fingerprint density at radius 2 is 1.78 bits per heavy atom. The SMILES string of the molecule is CCOC(=O)Nc1cccc(C(=O)OCC(=O)Nc2cc(Cl)ccc2Cl)c1. The van der Waals surface area contributed by atoms with E-state index in [1.807, 2.05) is 0 Å². The minimum atomic E-state index is -0.727. The average molecular weight is 411 g/mol. The van der Waals surface area contributed by atoms with Crippen LogP contribution < -0.4 is 10.6 Å². The molecule has 0 aliphatic rings. The van der Waals surface area contributed by atoms with Crippen LogP contribution in [0.1, 0.15) is 17.3 Å². The second-order valence-corrected chi connectivity index (χ2v) is 6.02. The van der Waals surface area contributed by atoms with E-state index >= 15 is 0 Å². The molecule has 0 heterocycles. The third-order valence-corrected chi connectivity index (χ3v) is 3.72. The number of hydrogen-bond donors (Lipinski definition) is 2. The number of carbonyl (C=O) groups excluding carboxylic acids is 3. The number of hydrogen-bond acceptors (Lipinski definition) is 5. The molecule has 0 spiro atoms. The molecule has 2 amide bonds. The molecule has 7 nitrogen and oxygen atoms in total. The lowest BCUT2D eigenvalue weighted by Crippen LogP contribution is -2.21. The average Bonchev–Trinajstić information content (AvgIpc) is 2.63. The van der Waals surface area contributed by atoms with Crippen molar-refractivity contribution in [3.8, 4) is 0 Å². The van der Waals surface area contributed by atoms with Gasteiger partial charge in [-0.2, -0.15) is 0 Å². The van der Waals surface area contributed by atoms with Crippen molar-refractivity contribution >= 4 is 52.5 Å². The molecule has 0 saturated heterocycles. The normalized spacial score (nSPS) is 10.0. The number of esters is 1. The molecule has 0 atom stereocenters. The minimum absolute atomic E-state index is 0.165. The van der Waals surface area contributed by atoms with Gasteiger partial charge in [0.05, 0.1) is 22.9 Å². The van der Waals surface area contributed by atoms with E-state index in [-0.39, 0.29) is 12.2 Å². The van der Waals surface area contributed by atoms with Crippen molar-refractivity contribution < 1.29 is 23.9 Å². The zero-order valence-corrected chi connectivity index (χ0v) is 15.8. The first-order valence-electron chi connectivity index (χ1n) is 7.85. The molecule has 0 aliphatic heterocycles. The molecule has 0 aromatic heterocycles. The molecule has 0 aliphatic carbocycles. The minimum Gasteiger partial charge on any atom is -0.452 e. The predicted molar refractivity (Wildman–Crippen MR) is 102 cm³/mol. The zero-order chi connectivity index (χ0) is 19.8. The van der Waals surface area contributed by atoms with Crippen LogP contribution in [0.25, 0.3) is 0 Å². The largest absolute Gasteiger partial charge is 0.452 e. The van der Waals surface area contributed by atoms with Crippen molar-refractivity contribution in [2.75, 3.05) is 23.8 Å². The zero-order valence-electron chi connectivity index (χ0n) is 14.3. The maximum absolute atomic E-state index is 12.1. The predicted octanol–water partition coefficient (Wildman–Crippen LogP) is 4.36. The van der Waals surface area contributed by atoms with E-state index in [0.717, 1.165) is 0 Å². The summed E-state index contributed by atoms with van der Waals surface area (Å²) in [6.07, 6.45) is -0.638. The summed E-state index contributed by atoms with van der Waals surface area (Å²) in [7, 11) is 0. The Labute approximate surface area is 165 Å². The van der Waals surface area contributed by atoms with Crippen LogP contribution in [0.15, 0.2) is 42.5 Å². The topological polar surface area (TPSA) is 93.7 Å². The van der Waals surface area contributed by atoms with E-state index in [1.54, 1.807) is 25.1 Å². The van der Waals surface area contributed by atoms with Crippen LogP contribution >= 0.6 is 23.2 Å². The fraction of sp³-hybridized carbons (Fsp3) is 0.167. The van der Waals surface area contributed by atoms with Gasteiger partial charge in [0.25, 0.3) is 5.91 Å². The summed E-state index contributed by atoms with van der Waals surface area (Å²) in [5.74, 6) is -1.30. The van der Waals surface area contributed by atoms with Crippen LogP contribution in [0.2, 0.25) is 10.0 Å². The summed E-state index contributed by atoms with van der Waals surface area (Å²) < 4.78 is 9.73. The van der Waals surface area contributed by atoms with Gasteiger partial charge in [-0.1, -0.05) is 29.3 Å². The second-order valence-electron chi connectivity index (χ2n) is 5.17. The first-order valence-corrected chi connectivity index (χ1v) is 8.60. The number of anilines is 2. The molecule has 0 bridgehead atoms.